The molecule has 0 atom stereocenters. The smallest absolute Gasteiger partial charge is 0.312 e. The molecule has 0 aliphatic carbocycles. The Morgan fingerprint density at radius 1 is 1.12 bits per heavy atom. The number of carbonyl (C=O) groups excluding carboxylic acids is 3. The molecule has 4 amide bonds. The molecular weight excluding hydrogens is 340 g/mol. The van der Waals surface area contributed by atoms with Crippen LogP contribution in [-0.4, -0.2) is 76.8 Å². The summed E-state index contributed by atoms with van der Waals surface area (Å²) in [6.45, 7) is 3.94. The number of hydrogen-bond acceptors (Lipinski definition) is 5. The highest BCUT2D eigenvalue weighted by atomic mass is 16.5. The molecule has 10 nitrogen and oxygen atoms in total. The van der Waals surface area contributed by atoms with E-state index in [0.717, 1.165) is 11.4 Å². The zero-order valence-corrected chi connectivity index (χ0v) is 14.6. The number of morpholine rings is 1. The number of nitrogens with two attached hydrogens (primary N) is 1. The molecule has 1 aromatic heterocycles. The molecule has 1 saturated heterocycles. The third-order valence-corrected chi connectivity index (χ3v) is 4.57. The number of aryl methyl sites for hydroxylation is 1. The van der Waals surface area contributed by atoms with Crippen LogP contribution >= 0.6 is 0 Å². The molecule has 0 radical (unpaired) electrons. The van der Waals surface area contributed by atoms with Crippen molar-refractivity contribution in [3.05, 3.63) is 17.5 Å². The van der Waals surface area contributed by atoms with Crippen molar-refractivity contribution in [2.45, 2.75) is 25.9 Å². The highest BCUT2D eigenvalue weighted by molar-refractivity contribution is 5.83. The van der Waals surface area contributed by atoms with Crippen LogP contribution in [0.5, 0.6) is 0 Å². The summed E-state index contributed by atoms with van der Waals surface area (Å²) in [5.74, 6) is -0.0612. The molecule has 142 valence electrons. The van der Waals surface area contributed by atoms with Gasteiger partial charge in [0.05, 0.1) is 44.2 Å². The lowest BCUT2D eigenvalue weighted by atomic mass is 10.2. The predicted octanol–water partition coefficient (Wildman–Crippen LogP) is -1.31. The van der Waals surface area contributed by atoms with Crippen molar-refractivity contribution in [1.82, 2.24) is 24.9 Å². The molecular formula is C16H24N6O4. The minimum absolute atomic E-state index is 0.107. The number of carbonyl (C=O) groups is 3. The summed E-state index contributed by atoms with van der Waals surface area (Å²) in [6, 6.07) is 1.22. The Balaban J connectivity index is 1.51. The second-order valence-corrected chi connectivity index (χ2v) is 6.38. The molecule has 1 aromatic rings. The fourth-order valence-corrected chi connectivity index (χ4v) is 3.14. The van der Waals surface area contributed by atoms with Crippen LogP contribution in [0.15, 0.2) is 6.07 Å². The van der Waals surface area contributed by atoms with Crippen LogP contribution in [0.25, 0.3) is 0 Å². The molecule has 26 heavy (non-hydrogen) atoms. The van der Waals surface area contributed by atoms with Crippen LogP contribution < -0.4 is 11.1 Å². The topological polar surface area (TPSA) is 123 Å². The zero-order chi connectivity index (χ0) is 18.5. The molecule has 2 aliphatic heterocycles. The van der Waals surface area contributed by atoms with Gasteiger partial charge in [-0.2, -0.15) is 5.10 Å². The van der Waals surface area contributed by atoms with Crippen molar-refractivity contribution < 1.29 is 19.1 Å². The quantitative estimate of drug-likeness (QED) is 0.671. The van der Waals surface area contributed by atoms with Crippen LogP contribution in [0, 0.1) is 0 Å². The van der Waals surface area contributed by atoms with E-state index in [9.17, 15) is 14.4 Å². The van der Waals surface area contributed by atoms with E-state index in [0.29, 0.717) is 58.8 Å². The number of ether oxygens (including phenoxy) is 1. The van der Waals surface area contributed by atoms with Gasteiger partial charge in [-0.25, -0.2) is 4.79 Å². The molecule has 1 fully saturated rings. The number of fused-ring (bicyclic) bond motifs is 1. The molecule has 0 saturated carbocycles. The number of nitrogens with one attached hydrogen (secondary N) is 1. The monoisotopic (exact) mass is 364 g/mol. The van der Waals surface area contributed by atoms with Crippen LogP contribution in [0.2, 0.25) is 0 Å². The average molecular weight is 364 g/mol. The summed E-state index contributed by atoms with van der Waals surface area (Å²) in [5.41, 5.74) is 6.77. The summed E-state index contributed by atoms with van der Waals surface area (Å²) in [7, 11) is 0. The van der Waals surface area contributed by atoms with E-state index in [-0.39, 0.29) is 18.4 Å². The molecule has 0 spiro atoms. The first kappa shape index (κ1) is 18.2. The van der Waals surface area contributed by atoms with Gasteiger partial charge < -0.3 is 25.6 Å². The summed E-state index contributed by atoms with van der Waals surface area (Å²) < 4.78 is 7.13. The van der Waals surface area contributed by atoms with E-state index in [1.54, 1.807) is 4.90 Å². The van der Waals surface area contributed by atoms with Gasteiger partial charge in [-0.3, -0.25) is 14.3 Å². The maximum absolute atomic E-state index is 12.2. The summed E-state index contributed by atoms with van der Waals surface area (Å²) >= 11 is 0. The standard InChI is InChI=1S/C16H24N6O4/c17-16(25)18-10-15(24)21-3-4-22-13(11-21)9-12(19-22)1-2-14(23)20-5-7-26-8-6-20/h9H,1-8,10-11H2,(H3,17,18,25). The number of nitrogens with zero attached hydrogens (tertiary/aromatic N) is 4. The fraction of sp³-hybridized carbons (Fsp3) is 0.625. The molecule has 2 aliphatic rings. The van der Waals surface area contributed by atoms with Gasteiger partial charge in [0.25, 0.3) is 0 Å². The second-order valence-electron chi connectivity index (χ2n) is 6.38. The lowest BCUT2D eigenvalue weighted by Crippen LogP contribution is -2.44. The number of amides is 4. The van der Waals surface area contributed by atoms with Gasteiger partial charge in [0.1, 0.15) is 0 Å². The van der Waals surface area contributed by atoms with Gasteiger partial charge >= 0.3 is 6.03 Å². The Kier molecular flexibility index (Phi) is 5.71. The highest BCUT2D eigenvalue weighted by Gasteiger charge is 2.23. The van der Waals surface area contributed by atoms with Crippen molar-refractivity contribution in [2.24, 2.45) is 5.73 Å². The SMILES string of the molecule is NC(=O)NCC(=O)N1CCn2nc(CCC(=O)N3CCOCC3)cc2C1. The normalized spacial score (nSPS) is 16.9. The molecule has 3 N–H and O–H groups in total. The summed E-state index contributed by atoms with van der Waals surface area (Å²) in [4.78, 5) is 38.5. The van der Waals surface area contributed by atoms with E-state index < -0.39 is 6.03 Å². The first-order chi connectivity index (χ1) is 12.5. The van der Waals surface area contributed by atoms with Crippen molar-refractivity contribution in [3.63, 3.8) is 0 Å². The number of aromatic nitrogens is 2. The first-order valence-corrected chi connectivity index (χ1v) is 8.75. The minimum Gasteiger partial charge on any atom is -0.378 e. The van der Waals surface area contributed by atoms with Crippen molar-refractivity contribution >= 4 is 17.8 Å². The molecule has 0 bridgehead atoms. The maximum Gasteiger partial charge on any atom is 0.312 e. The number of urea groups is 1. The number of hydrogen-bond donors (Lipinski definition) is 2. The van der Waals surface area contributed by atoms with E-state index in [1.807, 2.05) is 15.6 Å². The van der Waals surface area contributed by atoms with E-state index >= 15 is 0 Å². The Labute approximate surface area is 151 Å². The Morgan fingerprint density at radius 2 is 1.88 bits per heavy atom. The van der Waals surface area contributed by atoms with Crippen molar-refractivity contribution in [3.8, 4) is 0 Å². The molecule has 3 rings (SSSR count). The van der Waals surface area contributed by atoms with Gasteiger partial charge in [-0.15, -0.1) is 0 Å². The van der Waals surface area contributed by atoms with Gasteiger partial charge in [-0.05, 0) is 6.07 Å². The van der Waals surface area contributed by atoms with E-state index in [4.69, 9.17) is 10.5 Å². The third kappa shape index (κ3) is 4.51. The summed E-state index contributed by atoms with van der Waals surface area (Å²) in [5, 5.41) is 6.84. The Hall–Kier alpha value is -2.62. The highest BCUT2D eigenvalue weighted by Crippen LogP contribution is 2.15. The number of primary amides is 1. The second kappa shape index (κ2) is 8.17. The third-order valence-electron chi connectivity index (χ3n) is 4.57. The van der Waals surface area contributed by atoms with E-state index in [1.165, 1.54) is 0 Å². The number of rotatable bonds is 5. The maximum atomic E-state index is 12.2. The molecule has 10 heteroatoms. The lowest BCUT2D eigenvalue weighted by molar-refractivity contribution is -0.135. The van der Waals surface area contributed by atoms with Gasteiger partial charge in [-0.1, -0.05) is 0 Å². The van der Waals surface area contributed by atoms with Gasteiger partial charge in [0.15, 0.2) is 0 Å². The lowest BCUT2D eigenvalue weighted by Gasteiger charge is -2.27. The fourth-order valence-electron chi connectivity index (χ4n) is 3.14. The van der Waals surface area contributed by atoms with Crippen molar-refractivity contribution in [1.29, 1.82) is 0 Å². The minimum atomic E-state index is -0.715. The van der Waals surface area contributed by atoms with Gasteiger partial charge in [0, 0.05) is 32.5 Å². The average Bonchev–Trinajstić information content (AvgIpc) is 3.06. The molecule has 0 unspecified atom stereocenters. The Morgan fingerprint density at radius 3 is 2.62 bits per heavy atom. The van der Waals surface area contributed by atoms with Crippen LogP contribution in [0.3, 0.4) is 0 Å². The zero-order valence-electron chi connectivity index (χ0n) is 14.6. The van der Waals surface area contributed by atoms with Gasteiger partial charge in [0.2, 0.25) is 11.8 Å². The first-order valence-electron chi connectivity index (χ1n) is 8.75. The summed E-state index contributed by atoms with van der Waals surface area (Å²) in [6.07, 6.45) is 0.995. The predicted molar refractivity (Wildman–Crippen MR) is 91.0 cm³/mol. The largest absolute Gasteiger partial charge is 0.378 e. The van der Waals surface area contributed by atoms with Crippen LogP contribution in [0.4, 0.5) is 4.79 Å². The van der Waals surface area contributed by atoms with E-state index in [2.05, 4.69) is 10.4 Å². The molecule has 0 aromatic carbocycles. The Bertz CT molecular complexity index is 682. The van der Waals surface area contributed by atoms with Crippen LogP contribution in [-0.2, 0) is 33.8 Å². The molecule has 3 heterocycles. The van der Waals surface area contributed by atoms with Crippen LogP contribution in [0.1, 0.15) is 17.8 Å². The van der Waals surface area contributed by atoms with Crippen molar-refractivity contribution in [2.75, 3.05) is 39.4 Å².